The maximum absolute atomic E-state index is 14.4. The van der Waals surface area contributed by atoms with Crippen molar-refractivity contribution < 1.29 is 27.1 Å². The number of fused-ring (bicyclic) bond motifs is 1. The van der Waals surface area contributed by atoms with E-state index in [1.54, 1.807) is 4.90 Å². The maximum atomic E-state index is 14.4. The van der Waals surface area contributed by atoms with Crippen LogP contribution in [0.4, 0.5) is 20.6 Å². The Morgan fingerprint density at radius 1 is 1.12 bits per heavy atom. The number of carbonyl (C=O) groups excluding carboxylic acids is 1. The van der Waals surface area contributed by atoms with Crippen LogP contribution in [-0.4, -0.2) is 50.0 Å². The Kier molecular flexibility index (Phi) is 6.27. The number of likely N-dealkylation sites (tertiary alicyclic amines) is 1. The summed E-state index contributed by atoms with van der Waals surface area (Å²) in [6, 6.07) is 9.46. The highest BCUT2D eigenvalue weighted by atomic mass is 32.2. The monoisotopic (exact) mass is 490 g/mol. The zero-order valence-electron chi connectivity index (χ0n) is 20.0. The van der Waals surface area contributed by atoms with Gasteiger partial charge in [-0.1, -0.05) is 0 Å². The molecule has 2 aliphatic rings. The van der Waals surface area contributed by atoms with Crippen molar-refractivity contribution in [3.8, 4) is 5.75 Å². The number of hydrogen-bond acceptors (Lipinski definition) is 6. The third kappa shape index (κ3) is 5.46. The molecule has 1 saturated heterocycles. The minimum atomic E-state index is -3.47. The fourth-order valence-corrected chi connectivity index (χ4v) is 4.99. The number of nitrogens with zero attached hydrogens (tertiary/aromatic N) is 1. The normalized spacial score (nSPS) is 17.6. The molecule has 0 aliphatic carbocycles. The molecule has 9 heteroatoms. The van der Waals surface area contributed by atoms with Crippen LogP contribution in [0.15, 0.2) is 41.3 Å². The number of nitrogens with one attached hydrogen (secondary N) is 1. The lowest BCUT2D eigenvalue weighted by Crippen LogP contribution is -2.52. The van der Waals surface area contributed by atoms with Crippen LogP contribution in [0.25, 0.3) is 0 Å². The Balaban J connectivity index is 1.41. The molecular weight excluding hydrogens is 459 g/mol. The molecule has 34 heavy (non-hydrogen) atoms. The number of piperidine rings is 1. The third-order valence-corrected chi connectivity index (χ3v) is 7.32. The third-order valence-electron chi connectivity index (χ3n) is 6.21. The minimum Gasteiger partial charge on any atom is -0.487 e. The number of ether oxygens (including phenoxy) is 2. The molecule has 2 aromatic rings. The van der Waals surface area contributed by atoms with Crippen LogP contribution in [0.3, 0.4) is 0 Å². The second-order valence-corrected chi connectivity index (χ2v) is 12.1. The van der Waals surface area contributed by atoms with Crippen molar-refractivity contribution >= 4 is 27.3 Å². The van der Waals surface area contributed by atoms with E-state index in [4.69, 9.17) is 9.47 Å². The SMILES string of the molecule is CC(C)(C)OC(=O)N1CCC2(CCc3cc(Nc4ccc(S(C)(=O)=O)cc4F)ccc3O2)CC1. The fourth-order valence-electron chi connectivity index (χ4n) is 4.36. The summed E-state index contributed by atoms with van der Waals surface area (Å²) in [4.78, 5) is 14.0. The molecule has 2 heterocycles. The second kappa shape index (κ2) is 8.76. The van der Waals surface area contributed by atoms with Gasteiger partial charge in [0.15, 0.2) is 9.84 Å². The average molecular weight is 491 g/mol. The molecule has 0 aromatic heterocycles. The molecule has 1 fully saturated rings. The van der Waals surface area contributed by atoms with Gasteiger partial charge in [-0.3, -0.25) is 0 Å². The van der Waals surface area contributed by atoms with E-state index >= 15 is 0 Å². The molecule has 1 spiro atoms. The van der Waals surface area contributed by atoms with Gasteiger partial charge in [0.1, 0.15) is 22.8 Å². The molecule has 4 rings (SSSR count). The molecule has 2 aliphatic heterocycles. The summed E-state index contributed by atoms with van der Waals surface area (Å²) >= 11 is 0. The van der Waals surface area contributed by atoms with Gasteiger partial charge in [0.25, 0.3) is 0 Å². The molecule has 0 radical (unpaired) electrons. The summed E-state index contributed by atoms with van der Waals surface area (Å²) in [5.41, 5.74) is 1.11. The first-order valence-electron chi connectivity index (χ1n) is 11.4. The van der Waals surface area contributed by atoms with Crippen molar-refractivity contribution in [2.75, 3.05) is 24.7 Å². The van der Waals surface area contributed by atoms with E-state index in [-0.39, 0.29) is 22.3 Å². The summed E-state index contributed by atoms with van der Waals surface area (Å²) in [5, 5.41) is 3.03. The van der Waals surface area contributed by atoms with E-state index < -0.39 is 21.3 Å². The first-order chi connectivity index (χ1) is 15.8. The van der Waals surface area contributed by atoms with Gasteiger partial charge in [0.2, 0.25) is 0 Å². The van der Waals surface area contributed by atoms with Crippen LogP contribution < -0.4 is 10.1 Å². The Morgan fingerprint density at radius 2 is 1.82 bits per heavy atom. The zero-order chi connectivity index (χ0) is 24.7. The van der Waals surface area contributed by atoms with Crippen molar-refractivity contribution in [1.82, 2.24) is 4.90 Å². The standard InChI is InChI=1S/C25H31FN2O5S/c1-24(2,3)33-23(29)28-13-11-25(12-14-28)10-9-17-15-18(5-8-22(17)32-25)27-21-7-6-19(16-20(21)26)34(4,30)31/h5-8,15-16,27H,9-14H2,1-4H3. The van der Waals surface area contributed by atoms with Crippen LogP contribution in [0.1, 0.15) is 45.6 Å². The van der Waals surface area contributed by atoms with E-state index in [0.29, 0.717) is 18.8 Å². The second-order valence-electron chi connectivity index (χ2n) is 10.1. The van der Waals surface area contributed by atoms with Gasteiger partial charge < -0.3 is 19.7 Å². The zero-order valence-corrected chi connectivity index (χ0v) is 20.8. The van der Waals surface area contributed by atoms with Crippen LogP contribution in [-0.2, 0) is 21.0 Å². The first-order valence-corrected chi connectivity index (χ1v) is 13.3. The van der Waals surface area contributed by atoms with E-state index in [9.17, 15) is 17.6 Å². The van der Waals surface area contributed by atoms with E-state index in [0.717, 1.165) is 49.3 Å². The van der Waals surface area contributed by atoms with Crippen LogP contribution in [0.5, 0.6) is 5.75 Å². The lowest BCUT2D eigenvalue weighted by molar-refractivity contribution is -0.0272. The summed E-state index contributed by atoms with van der Waals surface area (Å²) < 4.78 is 49.6. The number of rotatable bonds is 3. The predicted octanol–water partition coefficient (Wildman–Crippen LogP) is 5.07. The highest BCUT2D eigenvalue weighted by Gasteiger charge is 2.41. The number of hydrogen-bond donors (Lipinski definition) is 1. The summed E-state index contributed by atoms with van der Waals surface area (Å²) in [6.07, 6.45) is 3.89. The Labute approximate surface area is 200 Å². The van der Waals surface area contributed by atoms with Gasteiger partial charge in [-0.25, -0.2) is 17.6 Å². The van der Waals surface area contributed by atoms with Crippen molar-refractivity contribution in [3.05, 3.63) is 47.8 Å². The molecule has 0 saturated carbocycles. The predicted molar refractivity (Wildman–Crippen MR) is 128 cm³/mol. The Morgan fingerprint density at radius 3 is 2.44 bits per heavy atom. The topological polar surface area (TPSA) is 84.9 Å². The molecule has 0 unspecified atom stereocenters. The number of aryl methyl sites for hydroxylation is 1. The van der Waals surface area contributed by atoms with Crippen molar-refractivity contribution in [1.29, 1.82) is 0 Å². The number of halogens is 1. The van der Waals surface area contributed by atoms with Gasteiger partial charge in [0.05, 0.1) is 10.6 Å². The van der Waals surface area contributed by atoms with Gasteiger partial charge in [0, 0.05) is 37.9 Å². The Bertz CT molecular complexity index is 1200. The number of anilines is 2. The van der Waals surface area contributed by atoms with E-state index in [2.05, 4.69) is 5.32 Å². The Hall–Kier alpha value is -2.81. The lowest BCUT2D eigenvalue weighted by atomic mass is 9.83. The van der Waals surface area contributed by atoms with Gasteiger partial charge in [-0.15, -0.1) is 0 Å². The first kappa shape index (κ1) is 24.3. The van der Waals surface area contributed by atoms with Gasteiger partial charge >= 0.3 is 6.09 Å². The molecule has 2 aromatic carbocycles. The average Bonchev–Trinajstić information content (AvgIpc) is 2.74. The molecule has 184 valence electrons. The van der Waals surface area contributed by atoms with Crippen LogP contribution >= 0.6 is 0 Å². The highest BCUT2D eigenvalue weighted by Crippen LogP contribution is 2.41. The number of sulfone groups is 1. The maximum Gasteiger partial charge on any atom is 0.410 e. The van der Waals surface area contributed by atoms with Crippen LogP contribution in [0.2, 0.25) is 0 Å². The molecule has 1 N–H and O–H groups in total. The smallest absolute Gasteiger partial charge is 0.410 e. The molecule has 0 bridgehead atoms. The van der Waals surface area contributed by atoms with Crippen molar-refractivity contribution in [3.63, 3.8) is 0 Å². The van der Waals surface area contributed by atoms with Gasteiger partial charge in [-0.05, 0) is 75.6 Å². The minimum absolute atomic E-state index is 0.0580. The summed E-state index contributed by atoms with van der Waals surface area (Å²) in [6.45, 7) is 6.76. The van der Waals surface area contributed by atoms with Crippen molar-refractivity contribution in [2.45, 2.75) is 62.6 Å². The summed E-state index contributed by atoms with van der Waals surface area (Å²) in [7, 11) is -3.47. The quantitative estimate of drug-likeness (QED) is 0.647. The molecule has 0 atom stereocenters. The molecule has 1 amide bonds. The largest absolute Gasteiger partial charge is 0.487 e. The van der Waals surface area contributed by atoms with Gasteiger partial charge in [-0.2, -0.15) is 0 Å². The van der Waals surface area contributed by atoms with Crippen LogP contribution in [0, 0.1) is 5.82 Å². The number of carbonyl (C=O) groups is 1. The van der Waals surface area contributed by atoms with Crippen molar-refractivity contribution in [2.24, 2.45) is 0 Å². The molecule has 7 nitrogen and oxygen atoms in total. The van der Waals surface area contributed by atoms with E-state index in [1.165, 1.54) is 12.1 Å². The molecular formula is C25H31FN2O5S. The number of benzene rings is 2. The lowest BCUT2D eigenvalue weighted by Gasteiger charge is -2.44. The highest BCUT2D eigenvalue weighted by molar-refractivity contribution is 7.90. The summed E-state index contributed by atoms with van der Waals surface area (Å²) in [5.74, 6) is 0.169. The number of amides is 1. The van der Waals surface area contributed by atoms with E-state index in [1.807, 2.05) is 39.0 Å². The fraction of sp³-hybridized carbons (Fsp3) is 0.480.